The quantitative estimate of drug-likeness (QED) is 0.644. The zero-order chi connectivity index (χ0) is 13.0. The third kappa shape index (κ3) is 3.41. The predicted octanol–water partition coefficient (Wildman–Crippen LogP) is 2.19. The standard InChI is InChI=1S/C11H17N3O2S/c1-7-5-13-10(6-17-8(2)4-12)9(3)11(7)14(15)16/h5,8H,4,6,12H2,1-3H3. The van der Waals surface area contributed by atoms with Crippen LogP contribution in [0.2, 0.25) is 0 Å². The van der Waals surface area contributed by atoms with Gasteiger partial charge in [-0.3, -0.25) is 15.1 Å². The van der Waals surface area contributed by atoms with Crippen molar-refractivity contribution in [1.82, 2.24) is 4.98 Å². The van der Waals surface area contributed by atoms with Gasteiger partial charge in [-0.25, -0.2) is 0 Å². The van der Waals surface area contributed by atoms with E-state index >= 15 is 0 Å². The fourth-order valence-corrected chi connectivity index (χ4v) is 2.35. The van der Waals surface area contributed by atoms with Gasteiger partial charge in [-0.05, 0) is 13.8 Å². The smallest absolute Gasteiger partial charge is 0.278 e. The Labute approximate surface area is 105 Å². The van der Waals surface area contributed by atoms with E-state index in [4.69, 9.17) is 5.73 Å². The molecule has 0 aliphatic rings. The Bertz CT molecular complexity index is 423. The molecule has 1 atom stereocenters. The molecule has 1 heterocycles. The third-order valence-electron chi connectivity index (χ3n) is 2.59. The minimum atomic E-state index is -0.340. The second kappa shape index (κ2) is 5.97. The average molecular weight is 255 g/mol. The van der Waals surface area contributed by atoms with Gasteiger partial charge in [0.15, 0.2) is 0 Å². The van der Waals surface area contributed by atoms with Gasteiger partial charge in [0.05, 0.1) is 10.6 Å². The Morgan fingerprint density at radius 2 is 2.24 bits per heavy atom. The second-order valence-corrected chi connectivity index (χ2v) is 5.40. The molecule has 2 N–H and O–H groups in total. The molecule has 5 nitrogen and oxygen atoms in total. The zero-order valence-electron chi connectivity index (χ0n) is 10.3. The van der Waals surface area contributed by atoms with Crippen LogP contribution in [-0.4, -0.2) is 21.7 Å². The molecule has 0 aromatic carbocycles. The zero-order valence-corrected chi connectivity index (χ0v) is 11.1. The molecule has 6 heteroatoms. The Balaban J connectivity index is 2.95. The molecule has 1 unspecified atom stereocenters. The number of aromatic nitrogens is 1. The van der Waals surface area contributed by atoms with Crippen molar-refractivity contribution in [3.05, 3.63) is 33.1 Å². The second-order valence-electron chi connectivity index (χ2n) is 3.98. The van der Waals surface area contributed by atoms with Crippen molar-refractivity contribution in [2.75, 3.05) is 6.54 Å². The molecular formula is C11H17N3O2S. The minimum absolute atomic E-state index is 0.177. The van der Waals surface area contributed by atoms with Crippen LogP contribution < -0.4 is 5.73 Å². The molecule has 0 fully saturated rings. The number of nitrogens with zero attached hydrogens (tertiary/aromatic N) is 2. The Kier molecular flexibility index (Phi) is 4.89. The highest BCUT2D eigenvalue weighted by Gasteiger charge is 2.18. The first-order valence-corrected chi connectivity index (χ1v) is 6.43. The minimum Gasteiger partial charge on any atom is -0.329 e. The molecule has 1 aromatic rings. The van der Waals surface area contributed by atoms with Crippen molar-refractivity contribution >= 4 is 17.4 Å². The van der Waals surface area contributed by atoms with Gasteiger partial charge in [-0.15, -0.1) is 0 Å². The van der Waals surface area contributed by atoms with Gasteiger partial charge in [0.1, 0.15) is 0 Å². The number of thioether (sulfide) groups is 1. The molecule has 0 radical (unpaired) electrons. The van der Waals surface area contributed by atoms with Crippen LogP contribution in [0, 0.1) is 24.0 Å². The highest BCUT2D eigenvalue weighted by Crippen LogP contribution is 2.27. The molecule has 1 rings (SSSR count). The van der Waals surface area contributed by atoms with Gasteiger partial charge in [0.25, 0.3) is 5.69 Å². The van der Waals surface area contributed by atoms with Crippen LogP contribution in [0.4, 0.5) is 5.69 Å². The number of aryl methyl sites for hydroxylation is 1. The maximum absolute atomic E-state index is 10.9. The highest BCUT2D eigenvalue weighted by atomic mass is 32.2. The van der Waals surface area contributed by atoms with Gasteiger partial charge in [0, 0.05) is 34.9 Å². The Morgan fingerprint density at radius 1 is 1.59 bits per heavy atom. The third-order valence-corrected chi connectivity index (χ3v) is 3.80. The van der Waals surface area contributed by atoms with Gasteiger partial charge in [0.2, 0.25) is 0 Å². The van der Waals surface area contributed by atoms with E-state index in [1.807, 2.05) is 6.92 Å². The molecule has 94 valence electrons. The van der Waals surface area contributed by atoms with Crippen LogP contribution in [0.3, 0.4) is 0 Å². The first kappa shape index (κ1) is 13.9. The number of hydrogen-bond donors (Lipinski definition) is 1. The monoisotopic (exact) mass is 255 g/mol. The molecular weight excluding hydrogens is 238 g/mol. The lowest BCUT2D eigenvalue weighted by Gasteiger charge is -2.10. The first-order valence-electron chi connectivity index (χ1n) is 5.38. The van der Waals surface area contributed by atoms with Crippen LogP contribution >= 0.6 is 11.8 Å². The van der Waals surface area contributed by atoms with Crippen LogP contribution in [0.25, 0.3) is 0 Å². The summed E-state index contributed by atoms with van der Waals surface area (Å²) in [5.74, 6) is 0.658. The molecule has 0 spiro atoms. The molecule has 0 amide bonds. The summed E-state index contributed by atoms with van der Waals surface area (Å²) in [6.45, 7) is 6.08. The number of pyridine rings is 1. The summed E-state index contributed by atoms with van der Waals surface area (Å²) in [4.78, 5) is 14.9. The number of nitrogens with two attached hydrogens (primary N) is 1. The lowest BCUT2D eigenvalue weighted by Crippen LogP contribution is -2.13. The maximum Gasteiger partial charge on any atom is 0.278 e. The highest BCUT2D eigenvalue weighted by molar-refractivity contribution is 7.99. The van der Waals surface area contributed by atoms with E-state index in [0.717, 1.165) is 5.69 Å². The van der Waals surface area contributed by atoms with E-state index in [-0.39, 0.29) is 10.6 Å². The fraction of sp³-hybridized carbons (Fsp3) is 0.545. The normalized spacial score (nSPS) is 12.5. The summed E-state index contributed by atoms with van der Waals surface area (Å²) >= 11 is 1.66. The first-order chi connectivity index (χ1) is 7.97. The maximum atomic E-state index is 10.9. The van der Waals surface area contributed by atoms with Gasteiger partial charge in [-0.1, -0.05) is 6.92 Å². The topological polar surface area (TPSA) is 82.0 Å². The van der Waals surface area contributed by atoms with Gasteiger partial charge < -0.3 is 5.73 Å². The van der Waals surface area contributed by atoms with Gasteiger partial charge in [-0.2, -0.15) is 11.8 Å². The van der Waals surface area contributed by atoms with Crippen LogP contribution in [0.15, 0.2) is 6.20 Å². The van der Waals surface area contributed by atoms with E-state index in [2.05, 4.69) is 4.98 Å². The van der Waals surface area contributed by atoms with Crippen molar-refractivity contribution in [3.63, 3.8) is 0 Å². The predicted molar refractivity (Wildman–Crippen MR) is 70.2 cm³/mol. The Morgan fingerprint density at radius 3 is 2.76 bits per heavy atom. The number of nitro groups is 1. The van der Waals surface area contributed by atoms with Crippen molar-refractivity contribution in [2.45, 2.75) is 31.8 Å². The SMILES string of the molecule is Cc1cnc(CSC(C)CN)c(C)c1[N+](=O)[O-]. The van der Waals surface area contributed by atoms with E-state index in [0.29, 0.717) is 28.7 Å². The Hall–Kier alpha value is -1.14. The van der Waals surface area contributed by atoms with E-state index < -0.39 is 0 Å². The largest absolute Gasteiger partial charge is 0.329 e. The van der Waals surface area contributed by atoms with Crippen LogP contribution in [0.1, 0.15) is 23.7 Å². The summed E-state index contributed by atoms with van der Waals surface area (Å²) in [5.41, 5.74) is 7.74. The molecule has 17 heavy (non-hydrogen) atoms. The number of rotatable bonds is 5. The summed E-state index contributed by atoms with van der Waals surface area (Å²) in [7, 11) is 0. The summed E-state index contributed by atoms with van der Waals surface area (Å²) in [6.07, 6.45) is 1.56. The lowest BCUT2D eigenvalue weighted by atomic mass is 10.1. The molecule has 0 aliphatic carbocycles. The van der Waals surface area contributed by atoms with Crippen molar-refractivity contribution in [1.29, 1.82) is 0 Å². The van der Waals surface area contributed by atoms with Crippen LogP contribution in [-0.2, 0) is 5.75 Å². The van der Waals surface area contributed by atoms with Crippen molar-refractivity contribution in [2.24, 2.45) is 5.73 Å². The molecule has 0 saturated carbocycles. The molecule has 0 aliphatic heterocycles. The molecule has 1 aromatic heterocycles. The van der Waals surface area contributed by atoms with E-state index in [1.54, 1.807) is 31.8 Å². The van der Waals surface area contributed by atoms with Crippen LogP contribution in [0.5, 0.6) is 0 Å². The van der Waals surface area contributed by atoms with Crippen molar-refractivity contribution < 1.29 is 4.92 Å². The molecule has 0 saturated heterocycles. The van der Waals surface area contributed by atoms with E-state index in [1.165, 1.54) is 0 Å². The van der Waals surface area contributed by atoms with Crippen molar-refractivity contribution in [3.8, 4) is 0 Å². The number of hydrogen-bond acceptors (Lipinski definition) is 5. The average Bonchev–Trinajstić information content (AvgIpc) is 2.27. The van der Waals surface area contributed by atoms with Gasteiger partial charge >= 0.3 is 0 Å². The summed E-state index contributed by atoms with van der Waals surface area (Å²) in [5, 5.41) is 11.3. The summed E-state index contributed by atoms with van der Waals surface area (Å²) < 4.78 is 0. The fourth-order valence-electron chi connectivity index (χ4n) is 1.48. The summed E-state index contributed by atoms with van der Waals surface area (Å²) in [6, 6.07) is 0. The lowest BCUT2D eigenvalue weighted by molar-refractivity contribution is -0.386. The molecule has 0 bridgehead atoms. The van der Waals surface area contributed by atoms with E-state index in [9.17, 15) is 10.1 Å².